The number of aryl methyl sites for hydroxylation is 6. The van der Waals surface area contributed by atoms with Crippen LogP contribution < -0.4 is 0 Å². The van der Waals surface area contributed by atoms with Crippen molar-refractivity contribution in [2.24, 2.45) is 0 Å². The third kappa shape index (κ3) is 3.36. The highest BCUT2D eigenvalue weighted by atomic mass is 16.3. The molecule has 0 aromatic heterocycles. The van der Waals surface area contributed by atoms with Gasteiger partial charge >= 0.3 is 0 Å². The molecule has 1 unspecified atom stereocenters. The first-order valence-electron chi connectivity index (χ1n) is 7.62. The molecule has 2 aromatic rings. The van der Waals surface area contributed by atoms with Gasteiger partial charge in [0.2, 0.25) is 0 Å². The van der Waals surface area contributed by atoms with Gasteiger partial charge in [0.1, 0.15) is 0 Å². The third-order valence-electron chi connectivity index (χ3n) is 4.48. The number of rotatable bonds is 3. The van der Waals surface area contributed by atoms with Gasteiger partial charge in [-0.05, 0) is 80.5 Å². The van der Waals surface area contributed by atoms with Crippen molar-refractivity contribution in [3.05, 3.63) is 68.8 Å². The maximum Gasteiger partial charge on any atom is 0.0833 e. The van der Waals surface area contributed by atoms with E-state index in [1.54, 1.807) is 0 Å². The molecule has 1 N–H and O–H groups in total. The van der Waals surface area contributed by atoms with Crippen LogP contribution in [0.2, 0.25) is 0 Å². The molecule has 21 heavy (non-hydrogen) atoms. The smallest absolute Gasteiger partial charge is 0.0833 e. The molecular formula is C20H26O. The summed E-state index contributed by atoms with van der Waals surface area (Å²) < 4.78 is 0. The van der Waals surface area contributed by atoms with E-state index in [2.05, 4.69) is 65.8 Å². The van der Waals surface area contributed by atoms with Crippen LogP contribution in [0.3, 0.4) is 0 Å². The molecule has 0 amide bonds. The SMILES string of the molecule is Cc1cc(C)c(CC(O)c2cc(C)c(C)cc2C)c(C)c1. The summed E-state index contributed by atoms with van der Waals surface area (Å²) in [5, 5.41) is 10.7. The predicted octanol–water partition coefficient (Wildman–Crippen LogP) is 4.81. The molecule has 0 radical (unpaired) electrons. The van der Waals surface area contributed by atoms with Crippen molar-refractivity contribution >= 4 is 0 Å². The Balaban J connectivity index is 2.35. The van der Waals surface area contributed by atoms with Crippen LogP contribution in [-0.4, -0.2) is 5.11 Å². The molecular weight excluding hydrogens is 256 g/mol. The Morgan fingerprint density at radius 3 is 1.81 bits per heavy atom. The van der Waals surface area contributed by atoms with Crippen molar-refractivity contribution in [1.29, 1.82) is 0 Å². The molecule has 0 saturated heterocycles. The summed E-state index contributed by atoms with van der Waals surface area (Å²) in [7, 11) is 0. The Labute approximate surface area is 128 Å². The zero-order chi connectivity index (χ0) is 15.7. The third-order valence-corrected chi connectivity index (χ3v) is 4.48. The van der Waals surface area contributed by atoms with E-state index in [1.807, 2.05) is 0 Å². The van der Waals surface area contributed by atoms with Crippen molar-refractivity contribution in [3.63, 3.8) is 0 Å². The molecule has 0 heterocycles. The van der Waals surface area contributed by atoms with Crippen LogP contribution in [0, 0.1) is 41.5 Å². The minimum atomic E-state index is -0.440. The van der Waals surface area contributed by atoms with Crippen molar-refractivity contribution < 1.29 is 5.11 Å². The van der Waals surface area contributed by atoms with Crippen molar-refractivity contribution in [3.8, 4) is 0 Å². The van der Waals surface area contributed by atoms with Gasteiger partial charge in [-0.25, -0.2) is 0 Å². The molecule has 0 bridgehead atoms. The Hall–Kier alpha value is -1.60. The van der Waals surface area contributed by atoms with Gasteiger partial charge in [-0.2, -0.15) is 0 Å². The first kappa shape index (κ1) is 15.8. The molecule has 0 aliphatic rings. The zero-order valence-corrected chi connectivity index (χ0v) is 14.0. The molecule has 112 valence electrons. The van der Waals surface area contributed by atoms with Crippen LogP contribution in [0.15, 0.2) is 24.3 Å². The fourth-order valence-corrected chi connectivity index (χ4v) is 3.18. The van der Waals surface area contributed by atoms with Crippen LogP contribution in [-0.2, 0) is 6.42 Å². The van der Waals surface area contributed by atoms with Gasteiger partial charge in [0.05, 0.1) is 6.10 Å². The minimum Gasteiger partial charge on any atom is -0.388 e. The molecule has 2 rings (SSSR count). The predicted molar refractivity (Wildman–Crippen MR) is 90.0 cm³/mol. The highest BCUT2D eigenvalue weighted by Gasteiger charge is 2.15. The van der Waals surface area contributed by atoms with E-state index in [0.717, 1.165) is 5.56 Å². The number of hydrogen-bond acceptors (Lipinski definition) is 1. The Bertz CT molecular complexity index is 645. The summed E-state index contributed by atoms with van der Waals surface area (Å²) in [4.78, 5) is 0. The van der Waals surface area contributed by atoms with Gasteiger partial charge in [-0.1, -0.05) is 29.8 Å². The van der Waals surface area contributed by atoms with Crippen LogP contribution >= 0.6 is 0 Å². The van der Waals surface area contributed by atoms with Crippen molar-refractivity contribution in [2.75, 3.05) is 0 Å². The molecule has 1 atom stereocenters. The average molecular weight is 282 g/mol. The van der Waals surface area contributed by atoms with Gasteiger partial charge < -0.3 is 5.11 Å². The Kier molecular flexibility index (Phi) is 4.53. The van der Waals surface area contributed by atoms with E-state index in [1.165, 1.54) is 38.9 Å². The Morgan fingerprint density at radius 1 is 0.714 bits per heavy atom. The second-order valence-electron chi connectivity index (χ2n) is 6.39. The lowest BCUT2D eigenvalue weighted by Gasteiger charge is -2.19. The molecule has 0 aliphatic heterocycles. The quantitative estimate of drug-likeness (QED) is 0.856. The van der Waals surface area contributed by atoms with Crippen LogP contribution in [0.1, 0.15) is 50.6 Å². The van der Waals surface area contributed by atoms with Gasteiger partial charge in [0.25, 0.3) is 0 Å². The fourth-order valence-electron chi connectivity index (χ4n) is 3.18. The lowest BCUT2D eigenvalue weighted by Crippen LogP contribution is -2.07. The average Bonchev–Trinajstić information content (AvgIpc) is 2.37. The van der Waals surface area contributed by atoms with Crippen LogP contribution in [0.25, 0.3) is 0 Å². The lowest BCUT2D eigenvalue weighted by atomic mass is 9.90. The van der Waals surface area contributed by atoms with E-state index >= 15 is 0 Å². The first-order valence-corrected chi connectivity index (χ1v) is 7.62. The van der Waals surface area contributed by atoms with E-state index < -0.39 is 6.10 Å². The van der Waals surface area contributed by atoms with E-state index in [0.29, 0.717) is 6.42 Å². The van der Waals surface area contributed by atoms with E-state index in [-0.39, 0.29) is 0 Å². The molecule has 1 nitrogen and oxygen atoms in total. The maximum absolute atomic E-state index is 10.7. The summed E-state index contributed by atoms with van der Waals surface area (Å²) in [6.45, 7) is 12.7. The second-order valence-corrected chi connectivity index (χ2v) is 6.39. The lowest BCUT2D eigenvalue weighted by molar-refractivity contribution is 0.177. The molecule has 1 heteroatoms. The summed E-state index contributed by atoms with van der Waals surface area (Å²) in [6.07, 6.45) is 0.241. The largest absolute Gasteiger partial charge is 0.388 e. The molecule has 0 spiro atoms. The van der Waals surface area contributed by atoms with Gasteiger partial charge in [-0.3, -0.25) is 0 Å². The standard InChI is InChI=1S/C20H26O/c1-12-7-15(4)18(16(5)8-12)11-20(21)19-10-14(3)13(2)9-17(19)6/h7-10,20-21H,11H2,1-6H3. The van der Waals surface area contributed by atoms with Crippen molar-refractivity contribution in [1.82, 2.24) is 0 Å². The fraction of sp³-hybridized carbons (Fsp3) is 0.400. The van der Waals surface area contributed by atoms with Crippen molar-refractivity contribution in [2.45, 2.75) is 54.1 Å². The summed E-state index contributed by atoms with van der Waals surface area (Å²) in [6, 6.07) is 8.70. The summed E-state index contributed by atoms with van der Waals surface area (Å²) >= 11 is 0. The first-order chi connectivity index (χ1) is 9.79. The van der Waals surface area contributed by atoms with Gasteiger partial charge in [0, 0.05) is 6.42 Å². The number of benzene rings is 2. The minimum absolute atomic E-state index is 0.440. The molecule has 0 fully saturated rings. The summed E-state index contributed by atoms with van der Waals surface area (Å²) in [5.41, 5.74) is 9.85. The number of hydrogen-bond donors (Lipinski definition) is 1. The molecule has 2 aromatic carbocycles. The highest BCUT2D eigenvalue weighted by molar-refractivity contribution is 5.41. The second kappa shape index (κ2) is 6.03. The number of aliphatic hydroxyl groups is 1. The van der Waals surface area contributed by atoms with Crippen LogP contribution in [0.5, 0.6) is 0 Å². The van der Waals surface area contributed by atoms with E-state index in [9.17, 15) is 5.11 Å². The molecule has 0 aliphatic carbocycles. The normalized spacial score (nSPS) is 12.5. The van der Waals surface area contributed by atoms with E-state index in [4.69, 9.17) is 0 Å². The summed E-state index contributed by atoms with van der Waals surface area (Å²) in [5.74, 6) is 0. The highest BCUT2D eigenvalue weighted by Crippen LogP contribution is 2.27. The molecule has 0 saturated carbocycles. The zero-order valence-electron chi connectivity index (χ0n) is 14.0. The van der Waals surface area contributed by atoms with Gasteiger partial charge in [0.15, 0.2) is 0 Å². The number of aliphatic hydroxyl groups excluding tert-OH is 1. The van der Waals surface area contributed by atoms with Gasteiger partial charge in [-0.15, -0.1) is 0 Å². The Morgan fingerprint density at radius 2 is 1.24 bits per heavy atom. The maximum atomic E-state index is 10.7. The monoisotopic (exact) mass is 282 g/mol. The van der Waals surface area contributed by atoms with Crippen LogP contribution in [0.4, 0.5) is 0 Å². The topological polar surface area (TPSA) is 20.2 Å².